The summed E-state index contributed by atoms with van der Waals surface area (Å²) in [7, 11) is 3.32. The number of rotatable bonds is 2. The molecule has 1 aromatic rings. The molecular weight excluding hydrogens is 316 g/mol. The van der Waals surface area contributed by atoms with E-state index in [1.807, 2.05) is 6.07 Å². The van der Waals surface area contributed by atoms with Crippen molar-refractivity contribution in [2.45, 2.75) is 31.6 Å². The highest BCUT2D eigenvalue weighted by molar-refractivity contribution is 9.10. The normalized spacial score (nSPS) is 23.2. The van der Waals surface area contributed by atoms with E-state index in [9.17, 15) is 0 Å². The lowest BCUT2D eigenvalue weighted by Gasteiger charge is -2.19. The van der Waals surface area contributed by atoms with E-state index in [4.69, 9.17) is 21.1 Å². The molecule has 0 N–H and O–H groups in total. The molecule has 2 atom stereocenters. The summed E-state index contributed by atoms with van der Waals surface area (Å²) >= 11 is 10.2. The molecule has 2 unspecified atom stereocenters. The van der Waals surface area contributed by atoms with E-state index in [1.54, 1.807) is 14.2 Å². The zero-order chi connectivity index (χ0) is 13.3. The Balaban J connectivity index is 2.62. The topological polar surface area (TPSA) is 18.5 Å². The first-order chi connectivity index (χ1) is 8.58. The second-order valence-corrected chi connectivity index (χ2v) is 6.21. The summed E-state index contributed by atoms with van der Waals surface area (Å²) in [6.07, 6.45) is 3.16. The number of benzene rings is 1. The summed E-state index contributed by atoms with van der Waals surface area (Å²) in [5.41, 5.74) is 2.35. The molecule has 4 heteroatoms. The molecule has 2 rings (SSSR count). The third-order valence-corrected chi connectivity index (χ3v) is 4.68. The highest BCUT2D eigenvalue weighted by atomic mass is 79.9. The van der Waals surface area contributed by atoms with Gasteiger partial charge in [0.15, 0.2) is 11.5 Å². The van der Waals surface area contributed by atoms with Crippen molar-refractivity contribution in [3.05, 3.63) is 21.7 Å². The summed E-state index contributed by atoms with van der Waals surface area (Å²) in [4.78, 5) is 0. The lowest BCUT2D eigenvalue weighted by atomic mass is 10.0. The van der Waals surface area contributed by atoms with E-state index in [-0.39, 0.29) is 5.38 Å². The van der Waals surface area contributed by atoms with Crippen LogP contribution in [0, 0.1) is 5.92 Å². The molecule has 0 fully saturated rings. The van der Waals surface area contributed by atoms with Gasteiger partial charge in [-0.1, -0.05) is 22.9 Å². The quantitative estimate of drug-likeness (QED) is 0.576. The maximum Gasteiger partial charge on any atom is 0.165 e. The van der Waals surface area contributed by atoms with E-state index in [0.717, 1.165) is 40.8 Å². The van der Waals surface area contributed by atoms with Crippen LogP contribution >= 0.6 is 27.5 Å². The monoisotopic (exact) mass is 332 g/mol. The van der Waals surface area contributed by atoms with Crippen LogP contribution in [0.1, 0.15) is 36.3 Å². The third-order valence-electron chi connectivity index (χ3n) is 3.57. The standard InChI is InChI=1S/C14H18BrClO2/c1-8-4-5-9-10(15)7-12(17-2)14(18-3)13(9)11(16)6-8/h7-8,11H,4-6H2,1-3H3. The van der Waals surface area contributed by atoms with Gasteiger partial charge in [0.05, 0.1) is 19.6 Å². The predicted molar refractivity (Wildman–Crippen MR) is 77.9 cm³/mol. The first kappa shape index (κ1) is 14.0. The van der Waals surface area contributed by atoms with E-state index in [2.05, 4.69) is 22.9 Å². The Labute approximate surface area is 122 Å². The molecule has 1 aliphatic rings. The van der Waals surface area contributed by atoms with Crippen molar-refractivity contribution >= 4 is 27.5 Å². The Morgan fingerprint density at radius 1 is 1.33 bits per heavy atom. The molecule has 100 valence electrons. The van der Waals surface area contributed by atoms with Crippen LogP contribution in [-0.4, -0.2) is 14.2 Å². The first-order valence-electron chi connectivity index (χ1n) is 6.15. The smallest absolute Gasteiger partial charge is 0.165 e. The van der Waals surface area contributed by atoms with Gasteiger partial charge in [0.1, 0.15) is 0 Å². The number of alkyl halides is 1. The van der Waals surface area contributed by atoms with Gasteiger partial charge in [-0.25, -0.2) is 0 Å². The average molecular weight is 334 g/mol. The van der Waals surface area contributed by atoms with Gasteiger partial charge in [0, 0.05) is 10.0 Å². The summed E-state index contributed by atoms with van der Waals surface area (Å²) < 4.78 is 12.0. The second kappa shape index (κ2) is 5.70. The lowest BCUT2D eigenvalue weighted by Crippen LogP contribution is -2.02. The molecule has 0 aromatic heterocycles. The first-order valence-corrected chi connectivity index (χ1v) is 7.38. The van der Waals surface area contributed by atoms with Crippen molar-refractivity contribution in [2.24, 2.45) is 5.92 Å². The Morgan fingerprint density at radius 3 is 2.67 bits per heavy atom. The van der Waals surface area contributed by atoms with Crippen LogP contribution in [0.25, 0.3) is 0 Å². The van der Waals surface area contributed by atoms with Crippen molar-refractivity contribution in [1.29, 1.82) is 0 Å². The number of hydrogen-bond donors (Lipinski definition) is 0. The summed E-state index contributed by atoms with van der Waals surface area (Å²) in [6, 6.07) is 1.97. The third kappa shape index (κ3) is 2.48. The van der Waals surface area contributed by atoms with Crippen LogP contribution in [0.5, 0.6) is 11.5 Å². The number of hydrogen-bond acceptors (Lipinski definition) is 2. The number of fused-ring (bicyclic) bond motifs is 1. The Hall–Kier alpha value is -0.410. The largest absolute Gasteiger partial charge is 0.493 e. The molecule has 0 heterocycles. The summed E-state index contributed by atoms with van der Waals surface area (Å²) in [6.45, 7) is 2.25. The molecule has 18 heavy (non-hydrogen) atoms. The number of ether oxygens (including phenoxy) is 2. The molecule has 0 bridgehead atoms. The van der Waals surface area contributed by atoms with Crippen molar-refractivity contribution in [1.82, 2.24) is 0 Å². The van der Waals surface area contributed by atoms with Crippen molar-refractivity contribution in [3.63, 3.8) is 0 Å². The average Bonchev–Trinajstić information content (AvgIpc) is 2.49. The summed E-state index contributed by atoms with van der Waals surface area (Å²) in [5.74, 6) is 2.15. The van der Waals surface area contributed by atoms with Gasteiger partial charge >= 0.3 is 0 Å². The van der Waals surface area contributed by atoms with Gasteiger partial charge in [0.2, 0.25) is 0 Å². The van der Waals surface area contributed by atoms with Gasteiger partial charge in [-0.05, 0) is 36.8 Å². The molecule has 2 nitrogen and oxygen atoms in total. The van der Waals surface area contributed by atoms with E-state index in [1.165, 1.54) is 5.56 Å². The fourth-order valence-electron chi connectivity index (χ4n) is 2.59. The van der Waals surface area contributed by atoms with Crippen LogP contribution in [0.2, 0.25) is 0 Å². The van der Waals surface area contributed by atoms with Crippen molar-refractivity contribution in [3.8, 4) is 11.5 Å². The Bertz CT molecular complexity index is 448. The van der Waals surface area contributed by atoms with Crippen molar-refractivity contribution < 1.29 is 9.47 Å². The molecule has 0 aliphatic heterocycles. The van der Waals surface area contributed by atoms with Gasteiger partial charge in [-0.2, -0.15) is 0 Å². The number of methoxy groups -OCH3 is 2. The fourth-order valence-corrected chi connectivity index (χ4v) is 3.75. The Kier molecular flexibility index (Phi) is 4.44. The minimum Gasteiger partial charge on any atom is -0.493 e. The lowest BCUT2D eigenvalue weighted by molar-refractivity contribution is 0.350. The van der Waals surface area contributed by atoms with Crippen molar-refractivity contribution in [2.75, 3.05) is 14.2 Å². The molecule has 0 saturated heterocycles. The minimum absolute atomic E-state index is 0.0150. The van der Waals surface area contributed by atoms with E-state index >= 15 is 0 Å². The number of halogens is 2. The highest BCUT2D eigenvalue weighted by Crippen LogP contribution is 2.47. The van der Waals surface area contributed by atoms with Gasteiger partial charge < -0.3 is 9.47 Å². The maximum atomic E-state index is 6.57. The zero-order valence-electron chi connectivity index (χ0n) is 10.9. The van der Waals surface area contributed by atoms with Crippen LogP contribution in [-0.2, 0) is 6.42 Å². The molecule has 0 radical (unpaired) electrons. The highest BCUT2D eigenvalue weighted by Gasteiger charge is 2.28. The molecule has 0 amide bonds. The summed E-state index contributed by atoms with van der Waals surface area (Å²) in [5, 5.41) is -0.0150. The molecule has 1 aliphatic carbocycles. The molecule has 1 aromatic carbocycles. The minimum atomic E-state index is -0.0150. The van der Waals surface area contributed by atoms with Crippen LogP contribution < -0.4 is 9.47 Å². The van der Waals surface area contributed by atoms with Crippen LogP contribution in [0.15, 0.2) is 10.5 Å². The van der Waals surface area contributed by atoms with E-state index < -0.39 is 0 Å². The van der Waals surface area contributed by atoms with Gasteiger partial charge in [-0.15, -0.1) is 11.6 Å². The Morgan fingerprint density at radius 2 is 2.06 bits per heavy atom. The molecule has 0 saturated carbocycles. The SMILES string of the molecule is COc1cc(Br)c2c(c1OC)C(Cl)CC(C)CC2. The van der Waals surface area contributed by atoms with Crippen LogP contribution in [0.4, 0.5) is 0 Å². The molecular formula is C14H18BrClO2. The van der Waals surface area contributed by atoms with Gasteiger partial charge in [0.25, 0.3) is 0 Å². The van der Waals surface area contributed by atoms with Crippen LogP contribution in [0.3, 0.4) is 0 Å². The fraction of sp³-hybridized carbons (Fsp3) is 0.571. The second-order valence-electron chi connectivity index (χ2n) is 4.83. The zero-order valence-corrected chi connectivity index (χ0v) is 13.3. The van der Waals surface area contributed by atoms with Gasteiger partial charge in [-0.3, -0.25) is 0 Å². The van der Waals surface area contributed by atoms with E-state index in [0.29, 0.717) is 5.92 Å². The maximum absolute atomic E-state index is 6.57. The molecule has 0 spiro atoms. The predicted octanol–water partition coefficient (Wildman–Crippen LogP) is 4.72.